The Labute approximate surface area is 105 Å². The number of aromatic nitrogens is 1. The predicted molar refractivity (Wildman–Crippen MR) is 56.6 cm³/mol. The van der Waals surface area contributed by atoms with Gasteiger partial charge in [0.25, 0.3) is 10.8 Å². The fourth-order valence-electron chi connectivity index (χ4n) is 0.883. The molecule has 0 aliphatic rings. The summed E-state index contributed by atoms with van der Waals surface area (Å²) in [6.45, 7) is 0. The smallest absolute Gasteiger partial charge is 0.404 e. The monoisotopic (exact) mass is 367 g/mol. The van der Waals surface area contributed by atoms with Gasteiger partial charge in [-0.3, -0.25) is 9.59 Å². The molecule has 0 radical (unpaired) electrons. The quantitative estimate of drug-likeness (QED) is 0.644. The summed E-state index contributed by atoms with van der Waals surface area (Å²) < 4.78 is 39.5. The third-order valence-electron chi connectivity index (χ3n) is 1.42. The van der Waals surface area contributed by atoms with Gasteiger partial charge in [0, 0.05) is 6.20 Å². The highest BCUT2D eigenvalue weighted by Crippen LogP contribution is 2.29. The summed E-state index contributed by atoms with van der Waals surface area (Å²) >= 11 is 6.47. The second-order valence-electron chi connectivity index (χ2n) is 2.49. The van der Waals surface area contributed by atoms with Gasteiger partial charge in [-0.25, -0.2) is 0 Å². The summed E-state index contributed by atoms with van der Waals surface area (Å²) in [6.07, 6.45) is -4.03. The molecule has 0 aliphatic heterocycles. The molecule has 0 aromatic carbocycles. The second kappa shape index (κ2) is 4.62. The summed E-state index contributed by atoms with van der Waals surface area (Å²) in [5, 5.41) is -1.32. The fourth-order valence-corrected chi connectivity index (χ4v) is 1.59. The maximum Gasteiger partial charge on any atom is 0.573 e. The van der Waals surface area contributed by atoms with Crippen molar-refractivity contribution < 1.29 is 22.7 Å². The van der Waals surface area contributed by atoms with Gasteiger partial charge in [0.2, 0.25) is 0 Å². The van der Waals surface area contributed by atoms with E-state index in [2.05, 4.69) is 9.72 Å². The van der Waals surface area contributed by atoms with E-state index in [0.29, 0.717) is 0 Å². The van der Waals surface area contributed by atoms with E-state index in [0.717, 1.165) is 6.20 Å². The van der Waals surface area contributed by atoms with Crippen LogP contribution in [0.3, 0.4) is 0 Å². The lowest BCUT2D eigenvalue weighted by molar-refractivity contribution is -0.275. The van der Waals surface area contributed by atoms with Crippen LogP contribution in [0.2, 0.25) is 0 Å². The van der Waals surface area contributed by atoms with Crippen LogP contribution in [-0.2, 0) is 0 Å². The zero-order valence-electron chi connectivity index (χ0n) is 7.19. The van der Waals surface area contributed by atoms with Crippen molar-refractivity contribution in [2.45, 2.75) is 6.36 Å². The Morgan fingerprint density at radius 1 is 1.50 bits per heavy atom. The van der Waals surface area contributed by atoms with Gasteiger partial charge in [-0.2, -0.15) is 0 Å². The van der Waals surface area contributed by atoms with Gasteiger partial charge in [-0.05, 0) is 34.2 Å². The maximum atomic E-state index is 12.0. The molecule has 1 rings (SSSR count). The normalized spacial score (nSPS) is 11.3. The molecule has 0 atom stereocenters. The molecule has 0 unspecified atom stereocenters. The van der Waals surface area contributed by atoms with Crippen molar-refractivity contribution in [1.29, 1.82) is 0 Å². The molecule has 0 saturated carbocycles. The van der Waals surface area contributed by atoms with Crippen molar-refractivity contribution in [3.63, 3.8) is 0 Å². The Morgan fingerprint density at radius 3 is 2.50 bits per heavy atom. The predicted octanol–water partition coefficient (Wildman–Crippen LogP) is 2.26. The molecule has 1 heterocycles. The van der Waals surface area contributed by atoms with Crippen LogP contribution >= 0.6 is 34.2 Å². The molecule has 0 amide bonds. The van der Waals surface area contributed by atoms with Gasteiger partial charge >= 0.3 is 6.36 Å². The Balaban J connectivity index is 3.41. The molecule has 0 spiro atoms. The van der Waals surface area contributed by atoms with Gasteiger partial charge in [-0.15, -0.1) is 13.2 Å². The van der Waals surface area contributed by atoms with Gasteiger partial charge in [-0.1, -0.05) is 0 Å². The van der Waals surface area contributed by atoms with Crippen LogP contribution in [-0.4, -0.2) is 16.6 Å². The molecule has 4 nitrogen and oxygen atoms in total. The van der Waals surface area contributed by atoms with E-state index < -0.39 is 28.5 Å². The van der Waals surface area contributed by atoms with E-state index in [1.54, 1.807) is 0 Å². The van der Waals surface area contributed by atoms with E-state index in [4.69, 9.17) is 11.6 Å². The van der Waals surface area contributed by atoms with Gasteiger partial charge in [0.05, 0.1) is 3.57 Å². The van der Waals surface area contributed by atoms with Crippen LogP contribution in [0.5, 0.6) is 5.75 Å². The lowest BCUT2D eigenvalue weighted by Gasteiger charge is -2.11. The zero-order valence-corrected chi connectivity index (χ0v) is 10.1. The first-order valence-corrected chi connectivity index (χ1v) is 5.05. The standard InChI is InChI=1S/C7H2ClF3INO3/c8-5(14)3-4(16-7(9,10)11)2(12)1-13-6(3)15/h1H,(H,13,15). The number of carbonyl (C=O) groups excluding carboxylic acids is 1. The number of H-pyrrole nitrogens is 1. The van der Waals surface area contributed by atoms with Crippen molar-refractivity contribution in [3.8, 4) is 5.75 Å². The van der Waals surface area contributed by atoms with E-state index in [1.807, 2.05) is 0 Å². The van der Waals surface area contributed by atoms with E-state index >= 15 is 0 Å². The number of rotatable bonds is 2. The molecule has 1 N–H and O–H groups in total. The summed E-state index contributed by atoms with van der Waals surface area (Å²) in [5.74, 6) is -0.892. The third kappa shape index (κ3) is 3.11. The molecular formula is C7H2ClF3INO3. The minimum atomic E-state index is -5.01. The third-order valence-corrected chi connectivity index (χ3v) is 2.41. The van der Waals surface area contributed by atoms with Gasteiger partial charge in [0.15, 0.2) is 5.75 Å². The maximum absolute atomic E-state index is 12.0. The average Bonchev–Trinajstić information content (AvgIpc) is 2.08. The van der Waals surface area contributed by atoms with E-state index in [9.17, 15) is 22.8 Å². The molecular weight excluding hydrogens is 365 g/mol. The Hall–Kier alpha value is -0.770. The molecule has 0 bridgehead atoms. The minimum absolute atomic E-state index is 0.0847. The van der Waals surface area contributed by atoms with Crippen LogP contribution in [0.4, 0.5) is 13.2 Å². The molecule has 0 aliphatic carbocycles. The second-order valence-corrected chi connectivity index (χ2v) is 4.00. The molecule has 0 fully saturated rings. The molecule has 16 heavy (non-hydrogen) atoms. The van der Waals surface area contributed by atoms with Crippen LogP contribution in [0.25, 0.3) is 0 Å². The topological polar surface area (TPSA) is 59.2 Å². The van der Waals surface area contributed by atoms with Crippen LogP contribution < -0.4 is 10.3 Å². The molecule has 0 saturated heterocycles. The minimum Gasteiger partial charge on any atom is -0.404 e. The lowest BCUT2D eigenvalue weighted by Crippen LogP contribution is -2.24. The van der Waals surface area contributed by atoms with Crippen LogP contribution in [0.15, 0.2) is 11.0 Å². The largest absolute Gasteiger partial charge is 0.573 e. The number of pyridine rings is 1. The van der Waals surface area contributed by atoms with Crippen LogP contribution in [0.1, 0.15) is 10.4 Å². The Bertz CT molecular complexity index is 485. The molecule has 88 valence electrons. The Kier molecular flexibility index (Phi) is 3.84. The van der Waals surface area contributed by atoms with Crippen molar-refractivity contribution in [2.24, 2.45) is 0 Å². The molecule has 9 heteroatoms. The summed E-state index contributed by atoms with van der Waals surface area (Å²) in [5.41, 5.74) is -1.91. The number of hydrogen-bond acceptors (Lipinski definition) is 3. The first-order valence-electron chi connectivity index (χ1n) is 3.59. The highest BCUT2D eigenvalue weighted by Gasteiger charge is 2.34. The van der Waals surface area contributed by atoms with Crippen LogP contribution in [0, 0.1) is 3.57 Å². The number of alkyl halides is 3. The summed E-state index contributed by atoms with van der Waals surface area (Å²) in [4.78, 5) is 24.0. The van der Waals surface area contributed by atoms with E-state index in [-0.39, 0.29) is 3.57 Å². The van der Waals surface area contributed by atoms with Crippen molar-refractivity contribution in [3.05, 3.63) is 25.7 Å². The summed E-state index contributed by atoms with van der Waals surface area (Å²) in [7, 11) is 0. The number of aromatic amines is 1. The number of ether oxygens (including phenoxy) is 1. The first kappa shape index (κ1) is 13.3. The number of nitrogens with one attached hydrogen (secondary N) is 1. The highest BCUT2D eigenvalue weighted by atomic mass is 127. The number of carbonyl (C=O) groups is 1. The van der Waals surface area contributed by atoms with Gasteiger partial charge < -0.3 is 9.72 Å². The van der Waals surface area contributed by atoms with Gasteiger partial charge in [0.1, 0.15) is 5.56 Å². The fraction of sp³-hybridized carbons (Fsp3) is 0.143. The number of halogens is 5. The van der Waals surface area contributed by atoms with Crippen molar-refractivity contribution >= 4 is 39.4 Å². The summed E-state index contributed by atoms with van der Waals surface area (Å²) in [6, 6.07) is 0. The molecule has 1 aromatic heterocycles. The van der Waals surface area contributed by atoms with Crippen molar-refractivity contribution in [2.75, 3.05) is 0 Å². The average molecular weight is 367 g/mol. The number of hydrogen-bond donors (Lipinski definition) is 1. The Morgan fingerprint density at radius 2 is 2.06 bits per heavy atom. The molecule has 1 aromatic rings. The zero-order chi connectivity index (χ0) is 12.5. The first-order chi connectivity index (χ1) is 7.22. The SMILES string of the molecule is O=C(Cl)c1c(OC(F)(F)F)c(I)c[nH]c1=O. The van der Waals surface area contributed by atoms with E-state index in [1.165, 1.54) is 22.6 Å². The highest BCUT2D eigenvalue weighted by molar-refractivity contribution is 14.1. The lowest BCUT2D eigenvalue weighted by atomic mass is 10.3. The van der Waals surface area contributed by atoms with Crippen molar-refractivity contribution in [1.82, 2.24) is 4.98 Å².